The van der Waals surface area contributed by atoms with Gasteiger partial charge in [-0.2, -0.15) is 0 Å². The van der Waals surface area contributed by atoms with E-state index in [1.54, 1.807) is 6.07 Å². The molecule has 0 fully saturated rings. The number of hydrogen-bond acceptors (Lipinski definition) is 3. The zero-order valence-electron chi connectivity index (χ0n) is 7.11. The van der Waals surface area contributed by atoms with Crippen LogP contribution in [0.2, 0.25) is 0 Å². The molecule has 0 spiro atoms. The summed E-state index contributed by atoms with van der Waals surface area (Å²) in [5, 5.41) is 10.3. The van der Waals surface area contributed by atoms with Gasteiger partial charge in [-0.1, -0.05) is 22.9 Å². The second-order valence-electron chi connectivity index (χ2n) is 2.75. The van der Waals surface area contributed by atoms with Gasteiger partial charge in [-0.3, -0.25) is 15.1 Å². The standard InChI is InChI=1S/C8H9BrN2O2/c1-6(9)4-7-2-3-8(5-10-7)11(12)13/h2-3,5-6H,4H2,1H3. The van der Waals surface area contributed by atoms with Gasteiger partial charge in [0.15, 0.2) is 0 Å². The van der Waals surface area contributed by atoms with Crippen LogP contribution < -0.4 is 0 Å². The van der Waals surface area contributed by atoms with Crippen LogP contribution in [0.5, 0.6) is 0 Å². The topological polar surface area (TPSA) is 56.0 Å². The summed E-state index contributed by atoms with van der Waals surface area (Å²) in [6, 6.07) is 3.15. The Kier molecular flexibility index (Phi) is 3.36. The maximum Gasteiger partial charge on any atom is 0.287 e. The third-order valence-corrected chi connectivity index (χ3v) is 1.83. The Hall–Kier alpha value is -0.970. The van der Waals surface area contributed by atoms with Gasteiger partial charge in [-0.15, -0.1) is 0 Å². The van der Waals surface area contributed by atoms with E-state index in [2.05, 4.69) is 20.9 Å². The molecule has 70 valence electrons. The molecular formula is C8H9BrN2O2. The Morgan fingerprint density at radius 1 is 1.69 bits per heavy atom. The fourth-order valence-electron chi connectivity index (χ4n) is 0.934. The Labute approximate surface area is 84.3 Å². The molecule has 0 aliphatic carbocycles. The minimum absolute atomic E-state index is 0.0333. The number of rotatable bonds is 3. The van der Waals surface area contributed by atoms with Crippen molar-refractivity contribution in [3.8, 4) is 0 Å². The molecule has 0 bridgehead atoms. The number of nitrogens with zero attached hydrogens (tertiary/aromatic N) is 2. The highest BCUT2D eigenvalue weighted by Crippen LogP contribution is 2.11. The normalized spacial score (nSPS) is 12.5. The summed E-state index contributed by atoms with van der Waals surface area (Å²) >= 11 is 3.38. The highest BCUT2D eigenvalue weighted by molar-refractivity contribution is 9.09. The van der Waals surface area contributed by atoms with Crippen LogP contribution in [0.25, 0.3) is 0 Å². The fourth-order valence-corrected chi connectivity index (χ4v) is 1.27. The minimum atomic E-state index is -0.450. The van der Waals surface area contributed by atoms with E-state index in [0.29, 0.717) is 4.83 Å². The summed E-state index contributed by atoms with van der Waals surface area (Å²) in [5.41, 5.74) is 0.890. The van der Waals surface area contributed by atoms with Gasteiger partial charge < -0.3 is 0 Å². The zero-order chi connectivity index (χ0) is 9.84. The van der Waals surface area contributed by atoms with Gasteiger partial charge >= 0.3 is 0 Å². The lowest BCUT2D eigenvalue weighted by atomic mass is 10.2. The molecule has 5 heteroatoms. The largest absolute Gasteiger partial charge is 0.287 e. The monoisotopic (exact) mass is 244 g/mol. The number of alkyl halides is 1. The van der Waals surface area contributed by atoms with Crippen LogP contribution in [0.3, 0.4) is 0 Å². The highest BCUT2D eigenvalue weighted by atomic mass is 79.9. The molecule has 0 radical (unpaired) electrons. The van der Waals surface area contributed by atoms with Crippen molar-refractivity contribution in [3.05, 3.63) is 34.1 Å². The average Bonchev–Trinajstić information content (AvgIpc) is 2.04. The molecule has 0 aliphatic heterocycles. The number of aromatic nitrogens is 1. The van der Waals surface area contributed by atoms with Crippen molar-refractivity contribution in [3.63, 3.8) is 0 Å². The molecule has 0 aliphatic rings. The Morgan fingerprint density at radius 2 is 2.38 bits per heavy atom. The van der Waals surface area contributed by atoms with Crippen molar-refractivity contribution in [1.82, 2.24) is 4.98 Å². The fraction of sp³-hybridized carbons (Fsp3) is 0.375. The quantitative estimate of drug-likeness (QED) is 0.466. The summed E-state index contributed by atoms with van der Waals surface area (Å²) < 4.78 is 0. The summed E-state index contributed by atoms with van der Waals surface area (Å²) in [6.45, 7) is 2.00. The summed E-state index contributed by atoms with van der Waals surface area (Å²) in [4.78, 5) is 14.1. The molecule has 13 heavy (non-hydrogen) atoms. The maximum atomic E-state index is 10.3. The van der Waals surface area contributed by atoms with E-state index < -0.39 is 4.92 Å². The molecule has 0 saturated carbocycles. The summed E-state index contributed by atoms with van der Waals surface area (Å²) in [6.07, 6.45) is 2.06. The van der Waals surface area contributed by atoms with Crippen molar-refractivity contribution in [1.29, 1.82) is 0 Å². The molecular weight excluding hydrogens is 236 g/mol. The van der Waals surface area contributed by atoms with E-state index in [4.69, 9.17) is 0 Å². The highest BCUT2D eigenvalue weighted by Gasteiger charge is 2.06. The third-order valence-electron chi connectivity index (χ3n) is 1.51. The summed E-state index contributed by atoms with van der Waals surface area (Å²) in [7, 11) is 0. The van der Waals surface area contributed by atoms with Gasteiger partial charge in [0.05, 0.1) is 4.92 Å². The Bertz CT molecular complexity index is 298. The maximum absolute atomic E-state index is 10.3. The lowest BCUT2D eigenvalue weighted by molar-refractivity contribution is -0.385. The van der Waals surface area contributed by atoms with Crippen LogP contribution in [0.4, 0.5) is 5.69 Å². The van der Waals surface area contributed by atoms with Gasteiger partial charge in [0.1, 0.15) is 6.20 Å². The first kappa shape index (κ1) is 10.1. The van der Waals surface area contributed by atoms with Gasteiger partial charge in [0.25, 0.3) is 5.69 Å². The molecule has 0 saturated heterocycles. The smallest absolute Gasteiger partial charge is 0.258 e. The van der Waals surface area contributed by atoms with Crippen molar-refractivity contribution < 1.29 is 4.92 Å². The van der Waals surface area contributed by atoms with Gasteiger partial charge in [-0.05, 0) is 6.07 Å². The molecule has 0 aromatic carbocycles. The van der Waals surface area contributed by atoms with E-state index >= 15 is 0 Å². The Balaban J connectivity index is 2.75. The Morgan fingerprint density at radius 3 is 2.77 bits per heavy atom. The molecule has 1 aromatic heterocycles. The van der Waals surface area contributed by atoms with Crippen molar-refractivity contribution in [2.75, 3.05) is 0 Å². The van der Waals surface area contributed by atoms with Crippen LogP contribution in [-0.4, -0.2) is 14.7 Å². The molecule has 0 N–H and O–H groups in total. The van der Waals surface area contributed by atoms with Crippen LogP contribution in [0.1, 0.15) is 12.6 Å². The first-order valence-corrected chi connectivity index (χ1v) is 4.74. The van der Waals surface area contributed by atoms with Crippen LogP contribution >= 0.6 is 15.9 Å². The first-order chi connectivity index (χ1) is 6.09. The van der Waals surface area contributed by atoms with Gasteiger partial charge in [0.2, 0.25) is 0 Å². The number of hydrogen-bond donors (Lipinski definition) is 0. The van der Waals surface area contributed by atoms with Crippen molar-refractivity contribution >= 4 is 21.6 Å². The van der Waals surface area contributed by atoms with E-state index in [1.807, 2.05) is 6.92 Å². The molecule has 0 amide bonds. The molecule has 4 nitrogen and oxygen atoms in total. The molecule has 1 atom stereocenters. The predicted octanol–water partition coefficient (Wildman–Crippen LogP) is 2.32. The van der Waals surface area contributed by atoms with E-state index in [0.717, 1.165) is 12.1 Å². The van der Waals surface area contributed by atoms with Crippen LogP contribution in [-0.2, 0) is 6.42 Å². The van der Waals surface area contributed by atoms with Crippen LogP contribution in [0.15, 0.2) is 18.3 Å². The zero-order valence-corrected chi connectivity index (χ0v) is 8.69. The van der Waals surface area contributed by atoms with Gasteiger partial charge in [0, 0.05) is 23.0 Å². The number of nitro groups is 1. The molecule has 1 rings (SSSR count). The second kappa shape index (κ2) is 4.32. The first-order valence-electron chi connectivity index (χ1n) is 3.83. The van der Waals surface area contributed by atoms with Gasteiger partial charge in [-0.25, -0.2) is 0 Å². The van der Waals surface area contributed by atoms with E-state index in [9.17, 15) is 10.1 Å². The van der Waals surface area contributed by atoms with Crippen molar-refractivity contribution in [2.24, 2.45) is 0 Å². The average molecular weight is 245 g/mol. The number of halogens is 1. The van der Waals surface area contributed by atoms with Crippen molar-refractivity contribution in [2.45, 2.75) is 18.2 Å². The minimum Gasteiger partial charge on any atom is -0.258 e. The lowest BCUT2D eigenvalue weighted by Crippen LogP contribution is -1.99. The second-order valence-corrected chi connectivity index (χ2v) is 4.31. The summed E-state index contributed by atoms with van der Waals surface area (Å²) in [5.74, 6) is 0. The van der Waals surface area contributed by atoms with Crippen LogP contribution in [0, 0.1) is 10.1 Å². The van der Waals surface area contributed by atoms with E-state index in [-0.39, 0.29) is 5.69 Å². The third kappa shape index (κ3) is 3.10. The predicted molar refractivity (Wildman–Crippen MR) is 53.0 cm³/mol. The molecule has 1 heterocycles. The molecule has 1 unspecified atom stereocenters. The molecule has 1 aromatic rings. The van der Waals surface area contributed by atoms with E-state index in [1.165, 1.54) is 12.3 Å². The SMILES string of the molecule is CC(Br)Cc1ccc([N+](=O)[O-])cn1. The number of pyridine rings is 1. The lowest BCUT2D eigenvalue weighted by Gasteiger charge is -2.00.